The summed E-state index contributed by atoms with van der Waals surface area (Å²) in [7, 11) is 0. The largest absolute Gasteiger partial charge is 0.465 e. The standard InChI is InChI=1S/C20H24O5/c1-6-19(14(21)13-10-8-12(3)9-11-13)15-18(4,5)25-17(23)20(15,19)16(22)24-7-2/h8-11,15H,6-7H2,1-5H3/t15-,19+,20+/m1/s1. The molecule has 1 saturated heterocycles. The Bertz CT molecular complexity index is 748. The van der Waals surface area contributed by atoms with Gasteiger partial charge in [-0.25, -0.2) is 0 Å². The van der Waals surface area contributed by atoms with Gasteiger partial charge in [-0.1, -0.05) is 36.8 Å². The van der Waals surface area contributed by atoms with Crippen LogP contribution in [0.3, 0.4) is 0 Å². The summed E-state index contributed by atoms with van der Waals surface area (Å²) < 4.78 is 10.7. The molecule has 0 amide bonds. The first-order valence-corrected chi connectivity index (χ1v) is 8.72. The van der Waals surface area contributed by atoms with E-state index in [1.54, 1.807) is 32.9 Å². The average Bonchev–Trinajstić information content (AvgIpc) is 3.15. The zero-order chi connectivity index (χ0) is 18.6. The molecule has 0 unspecified atom stereocenters. The van der Waals surface area contributed by atoms with Crippen LogP contribution in [0.2, 0.25) is 0 Å². The van der Waals surface area contributed by atoms with Crippen LogP contribution < -0.4 is 0 Å². The summed E-state index contributed by atoms with van der Waals surface area (Å²) in [4.78, 5) is 39.0. The number of ether oxygens (including phenoxy) is 2. The molecule has 3 rings (SSSR count). The fourth-order valence-corrected chi connectivity index (χ4v) is 4.87. The van der Waals surface area contributed by atoms with Gasteiger partial charge in [-0.05, 0) is 34.1 Å². The molecular formula is C20H24O5. The Kier molecular flexibility index (Phi) is 3.82. The van der Waals surface area contributed by atoms with Gasteiger partial charge >= 0.3 is 11.9 Å². The third-order valence-electron chi connectivity index (χ3n) is 5.79. The van der Waals surface area contributed by atoms with Gasteiger partial charge in [0.2, 0.25) is 0 Å². The third-order valence-corrected chi connectivity index (χ3v) is 5.79. The van der Waals surface area contributed by atoms with E-state index in [1.807, 2.05) is 26.0 Å². The SMILES string of the molecule is CCOC(=O)[C@]12C(=O)OC(C)(C)[C@@H]1[C@]2(CC)C(=O)c1ccc(C)cc1. The van der Waals surface area contributed by atoms with E-state index >= 15 is 0 Å². The molecular weight excluding hydrogens is 320 g/mol. The number of hydrogen-bond donors (Lipinski definition) is 0. The van der Waals surface area contributed by atoms with E-state index in [-0.39, 0.29) is 12.4 Å². The summed E-state index contributed by atoms with van der Waals surface area (Å²) in [6.07, 6.45) is 0.377. The highest BCUT2D eigenvalue weighted by Crippen LogP contribution is 2.80. The van der Waals surface area contributed by atoms with Crippen LogP contribution >= 0.6 is 0 Å². The minimum atomic E-state index is -1.52. The molecule has 1 aromatic rings. The van der Waals surface area contributed by atoms with E-state index in [1.165, 1.54) is 0 Å². The van der Waals surface area contributed by atoms with Crippen LogP contribution in [0, 0.1) is 23.7 Å². The number of aryl methyl sites for hydroxylation is 1. The molecule has 134 valence electrons. The number of esters is 2. The molecule has 1 saturated carbocycles. The van der Waals surface area contributed by atoms with E-state index < -0.39 is 34.3 Å². The molecule has 0 N–H and O–H groups in total. The Labute approximate surface area is 147 Å². The van der Waals surface area contributed by atoms with Gasteiger partial charge in [-0.15, -0.1) is 0 Å². The maximum atomic E-state index is 13.4. The van der Waals surface area contributed by atoms with Crippen LogP contribution in [0.1, 0.15) is 50.0 Å². The van der Waals surface area contributed by atoms with Crippen LogP contribution in [-0.4, -0.2) is 29.9 Å². The predicted octanol–water partition coefficient (Wildman–Crippen LogP) is 3.09. The molecule has 1 aliphatic heterocycles. The fraction of sp³-hybridized carbons (Fsp3) is 0.550. The van der Waals surface area contributed by atoms with Crippen molar-refractivity contribution < 1.29 is 23.9 Å². The van der Waals surface area contributed by atoms with Gasteiger partial charge in [0.05, 0.1) is 12.0 Å². The van der Waals surface area contributed by atoms with Gasteiger partial charge in [0.1, 0.15) is 5.60 Å². The maximum absolute atomic E-state index is 13.4. The number of rotatable bonds is 5. The summed E-state index contributed by atoms with van der Waals surface area (Å²) in [6.45, 7) is 9.14. The van der Waals surface area contributed by atoms with Crippen LogP contribution in [-0.2, 0) is 19.1 Å². The lowest BCUT2D eigenvalue weighted by Gasteiger charge is -2.28. The summed E-state index contributed by atoms with van der Waals surface area (Å²) >= 11 is 0. The maximum Gasteiger partial charge on any atom is 0.325 e. The molecule has 2 fully saturated rings. The smallest absolute Gasteiger partial charge is 0.325 e. The lowest BCUT2D eigenvalue weighted by Crippen LogP contribution is -2.40. The number of hydrogen-bond acceptors (Lipinski definition) is 5. The first-order chi connectivity index (χ1) is 11.7. The lowest BCUT2D eigenvalue weighted by atomic mass is 9.81. The second kappa shape index (κ2) is 5.41. The zero-order valence-corrected chi connectivity index (χ0v) is 15.3. The molecule has 0 bridgehead atoms. The monoisotopic (exact) mass is 344 g/mol. The third kappa shape index (κ3) is 1.98. The van der Waals surface area contributed by atoms with E-state index in [4.69, 9.17) is 9.47 Å². The van der Waals surface area contributed by atoms with E-state index in [0.29, 0.717) is 12.0 Å². The van der Waals surface area contributed by atoms with Crippen LogP contribution in [0.25, 0.3) is 0 Å². The molecule has 0 aromatic heterocycles. The number of ketones is 1. The Morgan fingerprint density at radius 3 is 2.28 bits per heavy atom. The Hall–Kier alpha value is -2.17. The van der Waals surface area contributed by atoms with Gasteiger partial charge in [0.15, 0.2) is 11.2 Å². The normalized spacial score (nSPS) is 31.9. The highest BCUT2D eigenvalue weighted by atomic mass is 16.6. The van der Waals surface area contributed by atoms with Crippen LogP contribution in [0.5, 0.6) is 0 Å². The van der Waals surface area contributed by atoms with Crippen molar-refractivity contribution >= 4 is 17.7 Å². The fourth-order valence-electron chi connectivity index (χ4n) is 4.87. The van der Waals surface area contributed by atoms with Crippen molar-refractivity contribution in [3.05, 3.63) is 35.4 Å². The summed E-state index contributed by atoms with van der Waals surface area (Å²) in [6, 6.07) is 7.21. The van der Waals surface area contributed by atoms with Gasteiger partial charge in [-0.2, -0.15) is 0 Å². The van der Waals surface area contributed by atoms with Gasteiger partial charge < -0.3 is 9.47 Å². The quantitative estimate of drug-likeness (QED) is 0.466. The molecule has 1 aliphatic carbocycles. The molecule has 0 spiro atoms. The van der Waals surface area contributed by atoms with Crippen LogP contribution in [0.15, 0.2) is 24.3 Å². The first-order valence-electron chi connectivity index (χ1n) is 8.72. The van der Waals surface area contributed by atoms with Crippen molar-refractivity contribution in [2.24, 2.45) is 16.7 Å². The van der Waals surface area contributed by atoms with Crippen molar-refractivity contribution in [2.45, 2.75) is 46.6 Å². The Balaban J connectivity index is 2.14. The predicted molar refractivity (Wildman–Crippen MR) is 91.0 cm³/mol. The lowest BCUT2D eigenvalue weighted by molar-refractivity contribution is -0.166. The zero-order valence-electron chi connectivity index (χ0n) is 15.3. The Morgan fingerprint density at radius 2 is 1.76 bits per heavy atom. The van der Waals surface area contributed by atoms with Crippen molar-refractivity contribution in [1.29, 1.82) is 0 Å². The number of fused-ring (bicyclic) bond motifs is 1. The van der Waals surface area contributed by atoms with E-state index in [0.717, 1.165) is 5.56 Å². The highest BCUT2D eigenvalue weighted by Gasteiger charge is 2.95. The van der Waals surface area contributed by atoms with Crippen molar-refractivity contribution in [3.8, 4) is 0 Å². The van der Waals surface area contributed by atoms with Crippen molar-refractivity contribution in [2.75, 3.05) is 6.61 Å². The number of carbonyl (C=O) groups excluding carboxylic acids is 3. The summed E-state index contributed by atoms with van der Waals surface area (Å²) in [5.74, 6) is -1.98. The molecule has 1 aromatic carbocycles. The van der Waals surface area contributed by atoms with Crippen molar-refractivity contribution in [1.82, 2.24) is 0 Å². The van der Waals surface area contributed by atoms with E-state index in [2.05, 4.69) is 0 Å². The second-order valence-electron chi connectivity index (χ2n) is 7.47. The second-order valence-corrected chi connectivity index (χ2v) is 7.47. The first kappa shape index (κ1) is 17.6. The minimum absolute atomic E-state index is 0.152. The van der Waals surface area contributed by atoms with Crippen LogP contribution in [0.4, 0.5) is 0 Å². The van der Waals surface area contributed by atoms with Crippen molar-refractivity contribution in [3.63, 3.8) is 0 Å². The van der Waals surface area contributed by atoms with E-state index in [9.17, 15) is 14.4 Å². The molecule has 1 heterocycles. The topological polar surface area (TPSA) is 69.7 Å². The highest BCUT2D eigenvalue weighted by molar-refractivity contribution is 6.19. The average molecular weight is 344 g/mol. The number of carbonyl (C=O) groups is 3. The molecule has 2 aliphatic rings. The summed E-state index contributed by atoms with van der Waals surface area (Å²) in [5, 5.41) is 0. The Morgan fingerprint density at radius 1 is 1.16 bits per heavy atom. The summed E-state index contributed by atoms with van der Waals surface area (Å²) in [5.41, 5.74) is -1.97. The minimum Gasteiger partial charge on any atom is -0.465 e. The molecule has 3 atom stereocenters. The number of benzene rings is 1. The molecule has 0 radical (unpaired) electrons. The molecule has 25 heavy (non-hydrogen) atoms. The number of cyclic esters (lactones) is 1. The number of Topliss-reactive ketones (excluding diaryl/α,β-unsaturated/α-hetero) is 1. The van der Waals surface area contributed by atoms with Gasteiger partial charge in [0.25, 0.3) is 0 Å². The molecule has 5 nitrogen and oxygen atoms in total. The van der Waals surface area contributed by atoms with Gasteiger partial charge in [-0.3, -0.25) is 14.4 Å². The van der Waals surface area contributed by atoms with Gasteiger partial charge in [0, 0.05) is 11.5 Å². The molecule has 5 heteroatoms.